The van der Waals surface area contributed by atoms with Gasteiger partial charge in [-0.25, -0.2) is 9.98 Å². The van der Waals surface area contributed by atoms with Crippen LogP contribution in [0.3, 0.4) is 0 Å². The fraction of sp³-hybridized carbons (Fsp3) is 0.545. The van der Waals surface area contributed by atoms with Crippen molar-refractivity contribution in [1.82, 2.24) is 15.6 Å². The first-order valence-corrected chi connectivity index (χ1v) is 11.2. The zero-order valence-electron chi connectivity index (χ0n) is 17.9. The molecule has 0 unspecified atom stereocenters. The van der Waals surface area contributed by atoms with Gasteiger partial charge < -0.3 is 20.1 Å². The Hall–Kier alpha value is -2.28. The Kier molecular flexibility index (Phi) is 7.75. The molecule has 6 nitrogen and oxygen atoms in total. The molecule has 0 saturated heterocycles. The number of nitrogens with one attached hydrogen (secondary N) is 2. The van der Waals surface area contributed by atoms with Crippen LogP contribution in [0.1, 0.15) is 53.7 Å². The maximum absolute atomic E-state index is 6.13. The van der Waals surface area contributed by atoms with Gasteiger partial charge in [0, 0.05) is 11.4 Å². The van der Waals surface area contributed by atoms with Crippen LogP contribution in [0.5, 0.6) is 11.5 Å². The van der Waals surface area contributed by atoms with Crippen molar-refractivity contribution in [2.24, 2.45) is 4.99 Å². The summed E-state index contributed by atoms with van der Waals surface area (Å²) in [5.74, 6) is 2.40. The molecule has 1 heterocycles. The normalized spacial score (nSPS) is 14.8. The van der Waals surface area contributed by atoms with E-state index in [1.165, 1.54) is 17.7 Å². The smallest absolute Gasteiger partial charge is 0.191 e. The summed E-state index contributed by atoms with van der Waals surface area (Å²) in [6.07, 6.45) is 5.08. The highest BCUT2D eigenvalue weighted by atomic mass is 32.1. The molecule has 1 fully saturated rings. The third kappa shape index (κ3) is 6.10. The Bertz CT molecular complexity index is 828. The number of methoxy groups -OCH3 is 1. The summed E-state index contributed by atoms with van der Waals surface area (Å²) >= 11 is 1.72. The molecule has 0 aliphatic heterocycles. The molecule has 29 heavy (non-hydrogen) atoms. The number of rotatable bonds is 8. The molecule has 0 radical (unpaired) electrons. The number of hydrogen-bond donors (Lipinski definition) is 2. The summed E-state index contributed by atoms with van der Waals surface area (Å²) in [6.45, 7) is 8.25. The summed E-state index contributed by atoms with van der Waals surface area (Å²) in [7, 11) is 1.69. The van der Waals surface area contributed by atoms with E-state index >= 15 is 0 Å². The Morgan fingerprint density at radius 2 is 2.00 bits per heavy atom. The second kappa shape index (κ2) is 10.5. The summed E-state index contributed by atoms with van der Waals surface area (Å²) in [5, 5.41) is 7.80. The van der Waals surface area contributed by atoms with Gasteiger partial charge in [0.1, 0.15) is 0 Å². The van der Waals surface area contributed by atoms with E-state index in [2.05, 4.69) is 28.6 Å². The molecule has 158 valence electrons. The minimum absolute atomic E-state index is 0.316. The van der Waals surface area contributed by atoms with Crippen molar-refractivity contribution in [3.63, 3.8) is 0 Å². The number of guanidine groups is 1. The summed E-state index contributed by atoms with van der Waals surface area (Å²) in [6, 6.07) is 6.09. The predicted molar refractivity (Wildman–Crippen MR) is 119 cm³/mol. The molecule has 0 amide bonds. The van der Waals surface area contributed by atoms with Crippen LogP contribution in [0.25, 0.3) is 0 Å². The second-order valence-corrected chi connectivity index (χ2v) is 8.59. The van der Waals surface area contributed by atoms with Crippen LogP contribution in [0.2, 0.25) is 0 Å². The number of nitrogens with zero attached hydrogens (tertiary/aromatic N) is 2. The Morgan fingerprint density at radius 1 is 1.21 bits per heavy atom. The van der Waals surface area contributed by atoms with E-state index in [9.17, 15) is 0 Å². The molecular weight excluding hydrogens is 384 g/mol. The number of hydrogen-bond acceptors (Lipinski definition) is 5. The van der Waals surface area contributed by atoms with E-state index in [1.807, 2.05) is 26.0 Å². The van der Waals surface area contributed by atoms with Gasteiger partial charge >= 0.3 is 0 Å². The third-order valence-electron chi connectivity index (χ3n) is 5.00. The van der Waals surface area contributed by atoms with Crippen LogP contribution >= 0.6 is 11.3 Å². The topological polar surface area (TPSA) is 67.8 Å². The third-order valence-corrected chi connectivity index (χ3v) is 6.08. The zero-order valence-corrected chi connectivity index (χ0v) is 18.7. The van der Waals surface area contributed by atoms with Crippen molar-refractivity contribution >= 4 is 17.3 Å². The van der Waals surface area contributed by atoms with Crippen molar-refractivity contribution in [3.8, 4) is 11.5 Å². The fourth-order valence-corrected chi connectivity index (χ4v) is 4.38. The first-order valence-electron chi connectivity index (χ1n) is 10.4. The van der Waals surface area contributed by atoms with Gasteiger partial charge in [-0.2, -0.15) is 0 Å². The predicted octanol–water partition coefficient (Wildman–Crippen LogP) is 4.35. The van der Waals surface area contributed by atoms with Gasteiger partial charge in [-0.3, -0.25) is 0 Å². The number of benzene rings is 1. The zero-order chi connectivity index (χ0) is 20.6. The summed E-state index contributed by atoms with van der Waals surface area (Å²) < 4.78 is 11.7. The van der Waals surface area contributed by atoms with Gasteiger partial charge in [0.05, 0.1) is 37.0 Å². The first kappa shape index (κ1) is 21.4. The van der Waals surface area contributed by atoms with Gasteiger partial charge in [-0.15, -0.1) is 11.3 Å². The lowest BCUT2D eigenvalue weighted by Crippen LogP contribution is -2.36. The minimum atomic E-state index is 0.316. The monoisotopic (exact) mass is 416 g/mol. The minimum Gasteiger partial charge on any atom is -0.493 e. The van der Waals surface area contributed by atoms with E-state index in [-0.39, 0.29) is 0 Å². The van der Waals surface area contributed by atoms with Crippen molar-refractivity contribution in [1.29, 1.82) is 0 Å². The number of aromatic nitrogens is 1. The van der Waals surface area contributed by atoms with Crippen molar-refractivity contribution in [2.75, 3.05) is 13.7 Å². The SMILES string of the molecule is CCNC(=NCc1ccc(OC2CCCC2)c(OC)c1)NCc1sc(C)nc1C. The number of aryl methyl sites for hydroxylation is 2. The molecule has 0 atom stereocenters. The van der Waals surface area contributed by atoms with Crippen molar-refractivity contribution < 1.29 is 9.47 Å². The largest absolute Gasteiger partial charge is 0.493 e. The number of thiazole rings is 1. The highest BCUT2D eigenvalue weighted by Crippen LogP contribution is 2.32. The maximum Gasteiger partial charge on any atom is 0.191 e. The average molecular weight is 417 g/mol. The standard InChI is InChI=1S/C22H32N4O2S/c1-5-23-22(25-14-21-15(2)26-16(3)29-21)24-13-17-10-11-19(20(12-17)27-4)28-18-8-6-7-9-18/h10-12,18H,5-9,13-14H2,1-4H3,(H2,23,24,25). The lowest BCUT2D eigenvalue weighted by molar-refractivity contribution is 0.200. The summed E-state index contributed by atoms with van der Waals surface area (Å²) in [5.41, 5.74) is 2.17. The van der Waals surface area contributed by atoms with Crippen LogP contribution in [0.15, 0.2) is 23.2 Å². The molecule has 2 N–H and O–H groups in total. The highest BCUT2D eigenvalue weighted by Gasteiger charge is 2.18. The van der Waals surface area contributed by atoms with Crippen LogP contribution in [-0.4, -0.2) is 30.7 Å². The van der Waals surface area contributed by atoms with Crippen molar-refractivity contribution in [2.45, 2.75) is 65.6 Å². The van der Waals surface area contributed by atoms with E-state index in [1.54, 1.807) is 18.4 Å². The number of ether oxygens (including phenoxy) is 2. The van der Waals surface area contributed by atoms with Gasteiger partial charge in [0.25, 0.3) is 0 Å². The van der Waals surface area contributed by atoms with E-state index in [0.717, 1.165) is 59.7 Å². The van der Waals surface area contributed by atoms with Crippen LogP contribution < -0.4 is 20.1 Å². The summed E-state index contributed by atoms with van der Waals surface area (Å²) in [4.78, 5) is 10.4. The molecule has 1 saturated carbocycles. The molecule has 0 bridgehead atoms. The molecule has 7 heteroatoms. The van der Waals surface area contributed by atoms with Gasteiger partial charge in [-0.05, 0) is 64.2 Å². The van der Waals surface area contributed by atoms with E-state index < -0.39 is 0 Å². The van der Waals surface area contributed by atoms with E-state index in [4.69, 9.17) is 14.5 Å². The van der Waals surface area contributed by atoms with Crippen LogP contribution in [0, 0.1) is 13.8 Å². The number of aliphatic imine (C=N–C) groups is 1. The molecule has 1 aromatic heterocycles. The fourth-order valence-electron chi connectivity index (χ4n) is 3.51. The lowest BCUT2D eigenvalue weighted by atomic mass is 10.2. The van der Waals surface area contributed by atoms with Gasteiger partial charge in [0.15, 0.2) is 17.5 Å². The Morgan fingerprint density at radius 3 is 2.66 bits per heavy atom. The first-order chi connectivity index (χ1) is 14.1. The van der Waals surface area contributed by atoms with Crippen LogP contribution in [0.4, 0.5) is 0 Å². The molecule has 2 aromatic rings. The molecule has 0 spiro atoms. The highest BCUT2D eigenvalue weighted by molar-refractivity contribution is 7.11. The Balaban J connectivity index is 1.63. The molecule has 1 aromatic carbocycles. The molecule has 3 rings (SSSR count). The Labute approximate surface area is 177 Å². The van der Waals surface area contributed by atoms with Gasteiger partial charge in [0.2, 0.25) is 0 Å². The van der Waals surface area contributed by atoms with E-state index in [0.29, 0.717) is 12.6 Å². The molecular formula is C22H32N4O2S. The molecule has 1 aliphatic rings. The molecule has 1 aliphatic carbocycles. The maximum atomic E-state index is 6.13. The van der Waals surface area contributed by atoms with Crippen LogP contribution in [-0.2, 0) is 13.1 Å². The average Bonchev–Trinajstić information content (AvgIpc) is 3.33. The van der Waals surface area contributed by atoms with Gasteiger partial charge in [-0.1, -0.05) is 6.07 Å². The second-order valence-electron chi connectivity index (χ2n) is 7.30. The quantitative estimate of drug-likeness (QED) is 0.495. The lowest BCUT2D eigenvalue weighted by Gasteiger charge is -2.16. The van der Waals surface area contributed by atoms with Crippen molar-refractivity contribution in [3.05, 3.63) is 39.3 Å².